The SMILES string of the molecule is C=CC(=O)Nc1ccc(C(=O)N2CCC(Nc3ncc(Cl)c(OC)n3)C2)cc1N1CCCCC1. The van der Waals surface area contributed by atoms with Crippen molar-refractivity contribution >= 4 is 40.7 Å². The van der Waals surface area contributed by atoms with Gasteiger partial charge in [-0.2, -0.15) is 4.98 Å². The minimum Gasteiger partial charge on any atom is -0.480 e. The molecule has 2 fully saturated rings. The highest BCUT2D eigenvalue weighted by Gasteiger charge is 2.28. The molecule has 2 N–H and O–H groups in total. The topological polar surface area (TPSA) is 99.7 Å². The number of nitrogens with one attached hydrogen (secondary N) is 2. The fourth-order valence-corrected chi connectivity index (χ4v) is 4.51. The molecule has 2 aromatic rings. The van der Waals surface area contributed by atoms with E-state index >= 15 is 0 Å². The second kappa shape index (κ2) is 10.7. The van der Waals surface area contributed by atoms with Crippen LogP contribution in [0.3, 0.4) is 0 Å². The van der Waals surface area contributed by atoms with E-state index in [1.165, 1.54) is 25.8 Å². The molecule has 0 aliphatic carbocycles. The van der Waals surface area contributed by atoms with Gasteiger partial charge >= 0.3 is 0 Å². The van der Waals surface area contributed by atoms with E-state index in [-0.39, 0.29) is 17.9 Å². The maximum Gasteiger partial charge on any atom is 0.254 e. The lowest BCUT2D eigenvalue weighted by Crippen LogP contribution is -2.33. The van der Waals surface area contributed by atoms with Gasteiger partial charge in [0.25, 0.3) is 5.91 Å². The monoisotopic (exact) mass is 484 g/mol. The molecular formula is C24H29ClN6O3. The first kappa shape index (κ1) is 23.8. The van der Waals surface area contributed by atoms with Crippen LogP contribution in [0, 0.1) is 0 Å². The molecule has 10 heteroatoms. The van der Waals surface area contributed by atoms with Gasteiger partial charge in [-0.3, -0.25) is 9.59 Å². The summed E-state index contributed by atoms with van der Waals surface area (Å²) in [6.07, 6.45) is 6.87. The smallest absolute Gasteiger partial charge is 0.254 e. The zero-order valence-corrected chi connectivity index (χ0v) is 20.0. The quantitative estimate of drug-likeness (QED) is 0.579. The van der Waals surface area contributed by atoms with E-state index in [4.69, 9.17) is 16.3 Å². The molecule has 1 atom stereocenters. The zero-order chi connectivity index (χ0) is 24.1. The molecule has 2 amide bonds. The number of carbonyl (C=O) groups excluding carboxylic acids is 2. The van der Waals surface area contributed by atoms with Gasteiger partial charge in [-0.1, -0.05) is 18.2 Å². The third-order valence-electron chi connectivity index (χ3n) is 6.10. The van der Waals surface area contributed by atoms with Crippen LogP contribution < -0.4 is 20.3 Å². The minimum atomic E-state index is -0.271. The molecule has 2 aliphatic rings. The molecule has 3 heterocycles. The van der Waals surface area contributed by atoms with E-state index in [0.29, 0.717) is 41.2 Å². The average Bonchev–Trinajstić information content (AvgIpc) is 3.33. The summed E-state index contributed by atoms with van der Waals surface area (Å²) in [6, 6.07) is 5.48. The lowest BCUT2D eigenvalue weighted by molar-refractivity contribution is -0.111. The van der Waals surface area contributed by atoms with Gasteiger partial charge in [-0.05, 0) is 50.0 Å². The van der Waals surface area contributed by atoms with Gasteiger partial charge in [0.15, 0.2) is 0 Å². The van der Waals surface area contributed by atoms with Crippen molar-refractivity contribution in [1.29, 1.82) is 0 Å². The maximum absolute atomic E-state index is 13.3. The lowest BCUT2D eigenvalue weighted by atomic mass is 10.1. The Bertz CT molecular complexity index is 1070. The summed E-state index contributed by atoms with van der Waals surface area (Å²) in [5.41, 5.74) is 2.16. The average molecular weight is 485 g/mol. The van der Waals surface area contributed by atoms with Gasteiger partial charge in [0.1, 0.15) is 5.02 Å². The number of benzene rings is 1. The largest absolute Gasteiger partial charge is 0.480 e. The molecule has 34 heavy (non-hydrogen) atoms. The Kier molecular flexibility index (Phi) is 7.52. The molecule has 2 aliphatic heterocycles. The van der Waals surface area contributed by atoms with Crippen molar-refractivity contribution in [3.8, 4) is 5.88 Å². The van der Waals surface area contributed by atoms with Gasteiger partial charge in [-0.25, -0.2) is 4.98 Å². The third kappa shape index (κ3) is 5.41. The molecule has 1 aromatic heterocycles. The van der Waals surface area contributed by atoms with E-state index in [1.807, 2.05) is 11.0 Å². The number of aromatic nitrogens is 2. The zero-order valence-electron chi connectivity index (χ0n) is 19.2. The number of ether oxygens (including phenoxy) is 1. The van der Waals surface area contributed by atoms with Crippen molar-refractivity contribution in [2.75, 3.05) is 48.8 Å². The predicted molar refractivity (Wildman–Crippen MR) is 133 cm³/mol. The number of hydrogen-bond acceptors (Lipinski definition) is 7. The molecule has 0 saturated carbocycles. The van der Waals surface area contributed by atoms with Crippen LogP contribution in [0.5, 0.6) is 5.88 Å². The van der Waals surface area contributed by atoms with Crippen LogP contribution in [0.25, 0.3) is 0 Å². The normalized spacial score (nSPS) is 17.9. The first-order valence-corrected chi connectivity index (χ1v) is 11.8. The van der Waals surface area contributed by atoms with Crippen LogP contribution in [0.4, 0.5) is 17.3 Å². The number of likely N-dealkylation sites (tertiary alicyclic amines) is 1. The summed E-state index contributed by atoms with van der Waals surface area (Å²) < 4.78 is 5.15. The van der Waals surface area contributed by atoms with Crippen molar-refractivity contribution < 1.29 is 14.3 Å². The standard InChI is InChI=1S/C24H29ClN6O3/c1-3-21(32)28-19-8-7-16(13-20(19)30-10-5-4-6-11-30)23(33)31-12-9-17(15-31)27-24-26-14-18(25)22(29-24)34-2/h3,7-8,13-14,17H,1,4-6,9-12,15H2,2H3,(H,28,32)(H,26,27,29). The molecule has 0 bridgehead atoms. The highest BCUT2D eigenvalue weighted by molar-refractivity contribution is 6.31. The Morgan fingerprint density at radius 3 is 2.76 bits per heavy atom. The fraction of sp³-hybridized carbons (Fsp3) is 0.417. The molecule has 4 rings (SSSR count). The first-order valence-electron chi connectivity index (χ1n) is 11.4. The predicted octanol–water partition coefficient (Wildman–Crippen LogP) is 3.58. The first-order chi connectivity index (χ1) is 16.5. The van der Waals surface area contributed by atoms with E-state index in [1.54, 1.807) is 12.1 Å². The number of methoxy groups -OCH3 is 1. The highest BCUT2D eigenvalue weighted by atomic mass is 35.5. The van der Waals surface area contributed by atoms with Crippen LogP contribution in [-0.2, 0) is 4.79 Å². The summed E-state index contributed by atoms with van der Waals surface area (Å²) in [7, 11) is 1.50. The van der Waals surface area contributed by atoms with Gasteiger partial charge in [0.2, 0.25) is 17.7 Å². The van der Waals surface area contributed by atoms with Crippen molar-refractivity contribution in [3.63, 3.8) is 0 Å². The number of nitrogens with zero attached hydrogens (tertiary/aromatic N) is 4. The van der Waals surface area contributed by atoms with Gasteiger partial charge in [0.05, 0.1) is 24.7 Å². The Morgan fingerprint density at radius 1 is 1.24 bits per heavy atom. The van der Waals surface area contributed by atoms with E-state index in [0.717, 1.165) is 38.0 Å². The fourth-order valence-electron chi connectivity index (χ4n) is 4.34. The van der Waals surface area contributed by atoms with E-state index < -0.39 is 0 Å². The van der Waals surface area contributed by atoms with E-state index in [2.05, 4.69) is 32.1 Å². The van der Waals surface area contributed by atoms with Crippen molar-refractivity contribution in [2.45, 2.75) is 31.7 Å². The van der Waals surface area contributed by atoms with Crippen LogP contribution in [0.15, 0.2) is 37.1 Å². The molecule has 1 unspecified atom stereocenters. The third-order valence-corrected chi connectivity index (χ3v) is 6.36. The summed E-state index contributed by atoms with van der Waals surface area (Å²) in [6.45, 7) is 6.48. The second-order valence-corrected chi connectivity index (χ2v) is 8.81. The highest BCUT2D eigenvalue weighted by Crippen LogP contribution is 2.31. The maximum atomic E-state index is 13.3. The van der Waals surface area contributed by atoms with Crippen molar-refractivity contribution in [3.05, 3.63) is 47.6 Å². The van der Waals surface area contributed by atoms with Gasteiger partial charge in [-0.15, -0.1) is 0 Å². The number of amides is 2. The van der Waals surface area contributed by atoms with Crippen LogP contribution in [-0.4, -0.2) is 66.0 Å². The van der Waals surface area contributed by atoms with Crippen molar-refractivity contribution in [2.24, 2.45) is 0 Å². The number of piperidine rings is 1. The van der Waals surface area contributed by atoms with Crippen LogP contribution in [0.1, 0.15) is 36.0 Å². The molecule has 0 radical (unpaired) electrons. The molecule has 0 spiro atoms. The lowest BCUT2D eigenvalue weighted by Gasteiger charge is -2.31. The number of anilines is 3. The Hall–Kier alpha value is -3.33. The number of hydrogen-bond donors (Lipinski definition) is 2. The number of rotatable bonds is 7. The second-order valence-electron chi connectivity index (χ2n) is 8.40. The Balaban J connectivity index is 1.47. The Morgan fingerprint density at radius 2 is 2.03 bits per heavy atom. The summed E-state index contributed by atoms with van der Waals surface area (Å²) in [4.78, 5) is 37.8. The van der Waals surface area contributed by atoms with E-state index in [9.17, 15) is 9.59 Å². The van der Waals surface area contributed by atoms with Crippen LogP contribution >= 0.6 is 11.6 Å². The molecule has 180 valence electrons. The summed E-state index contributed by atoms with van der Waals surface area (Å²) >= 11 is 6.00. The number of carbonyl (C=O) groups is 2. The van der Waals surface area contributed by atoms with Gasteiger partial charge < -0.3 is 25.2 Å². The summed E-state index contributed by atoms with van der Waals surface area (Å²) in [5.74, 6) is 0.403. The molecule has 1 aromatic carbocycles. The molecule has 2 saturated heterocycles. The molecular weight excluding hydrogens is 456 g/mol. The summed E-state index contributed by atoms with van der Waals surface area (Å²) in [5, 5.41) is 6.47. The Labute approximate surface area is 204 Å². The molecule has 9 nitrogen and oxygen atoms in total. The van der Waals surface area contributed by atoms with Crippen LogP contribution in [0.2, 0.25) is 5.02 Å². The van der Waals surface area contributed by atoms with Crippen molar-refractivity contribution in [1.82, 2.24) is 14.9 Å². The van der Waals surface area contributed by atoms with Gasteiger partial charge in [0, 0.05) is 37.8 Å². The minimum absolute atomic E-state index is 0.0162. The number of halogens is 1.